The first-order chi connectivity index (χ1) is 7.99. The number of aromatic nitrogens is 1. The van der Waals surface area contributed by atoms with Gasteiger partial charge in [-0.1, -0.05) is 15.9 Å². The first kappa shape index (κ1) is 12.2. The number of nitrogens with two attached hydrogens (primary N) is 1. The first-order valence-electron chi connectivity index (χ1n) is 4.85. The second-order valence-electron chi connectivity index (χ2n) is 3.60. The van der Waals surface area contributed by atoms with Crippen LogP contribution in [0.25, 0.3) is 11.3 Å². The van der Waals surface area contributed by atoms with E-state index in [-0.39, 0.29) is 17.2 Å². The van der Waals surface area contributed by atoms with Crippen molar-refractivity contribution in [2.75, 3.05) is 0 Å². The molecule has 2 rings (SSSR count). The number of benzene rings is 1. The molecule has 2 N–H and O–H groups in total. The van der Waals surface area contributed by atoms with Gasteiger partial charge < -0.3 is 10.2 Å². The molecule has 1 aromatic heterocycles. The maximum Gasteiger partial charge on any atom is 0.211 e. The third-order valence-electron chi connectivity index (χ3n) is 2.17. The second kappa shape index (κ2) is 4.54. The van der Waals surface area contributed by atoms with Gasteiger partial charge in [-0.15, -0.1) is 0 Å². The zero-order valence-corrected chi connectivity index (χ0v) is 10.5. The summed E-state index contributed by atoms with van der Waals surface area (Å²) in [7, 11) is 0. The van der Waals surface area contributed by atoms with E-state index >= 15 is 0 Å². The van der Waals surface area contributed by atoms with Gasteiger partial charge in [-0.25, -0.2) is 13.8 Å². The van der Waals surface area contributed by atoms with E-state index in [4.69, 9.17) is 10.2 Å². The average Bonchev–Trinajstić information content (AvgIpc) is 2.65. The van der Waals surface area contributed by atoms with Crippen molar-refractivity contribution in [3.05, 3.63) is 40.3 Å². The molecule has 17 heavy (non-hydrogen) atoms. The van der Waals surface area contributed by atoms with E-state index in [1.54, 1.807) is 6.92 Å². The van der Waals surface area contributed by atoms with Gasteiger partial charge >= 0.3 is 0 Å². The van der Waals surface area contributed by atoms with Crippen LogP contribution in [-0.4, -0.2) is 4.98 Å². The molecule has 0 bridgehead atoms. The molecule has 0 fully saturated rings. The van der Waals surface area contributed by atoms with Crippen LogP contribution in [0.5, 0.6) is 0 Å². The number of oxazole rings is 1. The molecule has 2 aromatic rings. The third-order valence-corrected chi connectivity index (χ3v) is 2.62. The average molecular weight is 303 g/mol. The monoisotopic (exact) mass is 302 g/mol. The molecule has 1 atom stereocenters. The lowest BCUT2D eigenvalue weighted by Gasteiger charge is -2.02. The van der Waals surface area contributed by atoms with E-state index in [9.17, 15) is 8.78 Å². The summed E-state index contributed by atoms with van der Waals surface area (Å²) in [4.78, 5) is 3.86. The Morgan fingerprint density at radius 3 is 2.41 bits per heavy atom. The van der Waals surface area contributed by atoms with Crippen molar-refractivity contribution in [2.45, 2.75) is 13.0 Å². The third kappa shape index (κ3) is 2.37. The molecule has 0 saturated heterocycles. The summed E-state index contributed by atoms with van der Waals surface area (Å²) in [5.74, 6) is -1.17. The van der Waals surface area contributed by atoms with E-state index in [0.29, 0.717) is 4.47 Å². The summed E-state index contributed by atoms with van der Waals surface area (Å²) in [6.45, 7) is 1.67. The van der Waals surface area contributed by atoms with Crippen LogP contribution in [-0.2, 0) is 0 Å². The largest absolute Gasteiger partial charge is 0.439 e. The quantitative estimate of drug-likeness (QED) is 0.925. The van der Waals surface area contributed by atoms with Gasteiger partial charge in [0.05, 0.1) is 17.8 Å². The predicted octanol–water partition coefficient (Wildman–Crippen LogP) is 3.40. The van der Waals surface area contributed by atoms with Crippen LogP contribution in [0, 0.1) is 11.6 Å². The van der Waals surface area contributed by atoms with Crippen LogP contribution in [0.2, 0.25) is 0 Å². The highest BCUT2D eigenvalue weighted by Crippen LogP contribution is 2.30. The molecule has 0 saturated carbocycles. The lowest BCUT2D eigenvalue weighted by atomic mass is 10.1. The van der Waals surface area contributed by atoms with Crippen LogP contribution in [0.15, 0.2) is 27.2 Å². The highest BCUT2D eigenvalue weighted by molar-refractivity contribution is 9.10. The van der Waals surface area contributed by atoms with E-state index in [2.05, 4.69) is 20.9 Å². The summed E-state index contributed by atoms with van der Waals surface area (Å²) in [6.07, 6.45) is 1.26. The smallest absolute Gasteiger partial charge is 0.211 e. The molecule has 0 radical (unpaired) electrons. The normalized spacial score (nSPS) is 12.8. The molecular formula is C11H9BrF2N2O. The summed E-state index contributed by atoms with van der Waals surface area (Å²) in [5, 5.41) is 0. The van der Waals surface area contributed by atoms with Gasteiger partial charge in [-0.05, 0) is 19.1 Å². The van der Waals surface area contributed by atoms with Crippen molar-refractivity contribution < 1.29 is 13.2 Å². The Morgan fingerprint density at radius 1 is 1.35 bits per heavy atom. The van der Waals surface area contributed by atoms with Gasteiger partial charge in [0.25, 0.3) is 0 Å². The van der Waals surface area contributed by atoms with Gasteiger partial charge in [-0.3, -0.25) is 0 Å². The molecule has 90 valence electrons. The molecular weight excluding hydrogens is 294 g/mol. The molecule has 1 unspecified atom stereocenters. The van der Waals surface area contributed by atoms with E-state index in [1.807, 2.05) is 0 Å². The van der Waals surface area contributed by atoms with Crippen molar-refractivity contribution in [3.63, 3.8) is 0 Å². The Balaban J connectivity index is 2.52. The van der Waals surface area contributed by atoms with Gasteiger partial charge in [-0.2, -0.15) is 0 Å². The second-order valence-corrected chi connectivity index (χ2v) is 4.51. The highest BCUT2D eigenvalue weighted by Gasteiger charge is 2.18. The van der Waals surface area contributed by atoms with Crippen LogP contribution in [0.4, 0.5) is 8.78 Å². The van der Waals surface area contributed by atoms with Crippen molar-refractivity contribution in [3.8, 4) is 11.3 Å². The van der Waals surface area contributed by atoms with Gasteiger partial charge in [0.15, 0.2) is 5.76 Å². The van der Waals surface area contributed by atoms with Gasteiger partial charge in [0, 0.05) is 4.47 Å². The standard InChI is InChI=1S/C11H9BrF2N2O/c1-5(15)11-16-4-9(17-11)10-7(13)2-6(12)3-8(10)14/h2-5H,15H2,1H3. The molecule has 0 spiro atoms. The molecule has 0 amide bonds. The van der Waals surface area contributed by atoms with Crippen LogP contribution in [0.1, 0.15) is 18.9 Å². The molecule has 0 aliphatic rings. The maximum absolute atomic E-state index is 13.6. The molecule has 0 aliphatic carbocycles. The summed E-state index contributed by atoms with van der Waals surface area (Å²) in [6, 6.07) is 1.89. The van der Waals surface area contributed by atoms with Crippen LogP contribution >= 0.6 is 15.9 Å². The topological polar surface area (TPSA) is 52.0 Å². The SMILES string of the molecule is CC(N)c1ncc(-c2c(F)cc(Br)cc2F)o1. The Morgan fingerprint density at radius 2 is 1.94 bits per heavy atom. The number of halogens is 3. The zero-order chi connectivity index (χ0) is 12.6. The fourth-order valence-electron chi connectivity index (χ4n) is 1.39. The van der Waals surface area contributed by atoms with Gasteiger partial charge in [0.1, 0.15) is 11.6 Å². The fourth-order valence-corrected chi connectivity index (χ4v) is 1.79. The molecule has 6 heteroatoms. The maximum atomic E-state index is 13.6. The minimum Gasteiger partial charge on any atom is -0.439 e. The van der Waals surface area contributed by atoms with Crippen molar-refractivity contribution in [1.82, 2.24) is 4.98 Å². The Hall–Kier alpha value is -1.27. The summed E-state index contributed by atoms with van der Waals surface area (Å²) < 4.78 is 32.8. The number of hydrogen-bond acceptors (Lipinski definition) is 3. The lowest BCUT2D eigenvalue weighted by molar-refractivity contribution is 0.467. The predicted molar refractivity (Wildman–Crippen MR) is 62.2 cm³/mol. The van der Waals surface area contributed by atoms with Crippen molar-refractivity contribution in [1.29, 1.82) is 0 Å². The van der Waals surface area contributed by atoms with Gasteiger partial charge in [0.2, 0.25) is 5.89 Å². The zero-order valence-electron chi connectivity index (χ0n) is 8.88. The number of rotatable bonds is 2. The molecule has 0 aliphatic heterocycles. The van der Waals surface area contributed by atoms with E-state index < -0.39 is 17.7 Å². The Bertz CT molecular complexity index is 531. The molecule has 1 heterocycles. The summed E-state index contributed by atoms with van der Waals surface area (Å²) in [5.41, 5.74) is 5.31. The van der Waals surface area contributed by atoms with Crippen LogP contribution < -0.4 is 5.73 Å². The highest BCUT2D eigenvalue weighted by atomic mass is 79.9. The van der Waals surface area contributed by atoms with E-state index in [0.717, 1.165) is 12.1 Å². The minimum atomic E-state index is -0.718. The molecule has 1 aromatic carbocycles. The Kier molecular flexibility index (Phi) is 3.26. The lowest BCUT2D eigenvalue weighted by Crippen LogP contribution is -2.04. The summed E-state index contributed by atoms with van der Waals surface area (Å²) >= 11 is 3.00. The fraction of sp³-hybridized carbons (Fsp3) is 0.182. The number of nitrogens with zero attached hydrogens (tertiary/aromatic N) is 1. The Labute approximate surface area is 105 Å². The van der Waals surface area contributed by atoms with E-state index in [1.165, 1.54) is 6.20 Å². The number of hydrogen-bond donors (Lipinski definition) is 1. The van der Waals surface area contributed by atoms with Crippen LogP contribution in [0.3, 0.4) is 0 Å². The first-order valence-corrected chi connectivity index (χ1v) is 5.64. The molecule has 3 nitrogen and oxygen atoms in total. The minimum absolute atomic E-state index is 0.0276. The van der Waals surface area contributed by atoms with Crippen molar-refractivity contribution in [2.24, 2.45) is 5.73 Å². The van der Waals surface area contributed by atoms with Crippen molar-refractivity contribution >= 4 is 15.9 Å².